The predicted molar refractivity (Wildman–Crippen MR) is 59.6 cm³/mol. The van der Waals surface area contributed by atoms with E-state index < -0.39 is 17.8 Å². The van der Waals surface area contributed by atoms with E-state index in [4.69, 9.17) is 0 Å². The molecule has 0 fully saturated rings. The second-order valence-electron chi connectivity index (χ2n) is 3.36. The van der Waals surface area contributed by atoms with Gasteiger partial charge < -0.3 is 5.32 Å². The van der Waals surface area contributed by atoms with Gasteiger partial charge in [-0.25, -0.2) is 0 Å². The third kappa shape index (κ3) is 4.09. The van der Waals surface area contributed by atoms with Crippen LogP contribution in [-0.4, -0.2) is 17.4 Å². The first-order chi connectivity index (χ1) is 8.45. The molecule has 0 aliphatic rings. The van der Waals surface area contributed by atoms with Gasteiger partial charge in [0.05, 0.1) is 5.56 Å². The number of nitrogens with zero attached hydrogens (tertiary/aromatic N) is 1. The molecule has 0 bridgehead atoms. The van der Waals surface area contributed by atoms with Gasteiger partial charge in [-0.05, 0) is 19.1 Å². The van der Waals surface area contributed by atoms with E-state index >= 15 is 0 Å². The minimum atomic E-state index is -4.49. The van der Waals surface area contributed by atoms with Gasteiger partial charge in [-0.1, -0.05) is 0 Å². The lowest BCUT2D eigenvalue weighted by Crippen LogP contribution is -2.24. The second-order valence-corrected chi connectivity index (χ2v) is 3.36. The summed E-state index contributed by atoms with van der Waals surface area (Å²) in [6.07, 6.45) is -3.09. The van der Waals surface area contributed by atoms with Crippen molar-refractivity contribution < 1.29 is 18.0 Å². The number of carbonyl (C=O) groups is 1. The summed E-state index contributed by atoms with van der Waals surface area (Å²) in [5.41, 5.74) is -0.927. The van der Waals surface area contributed by atoms with Gasteiger partial charge in [0.25, 0.3) is 5.91 Å². The van der Waals surface area contributed by atoms with Crippen LogP contribution in [0, 0.1) is 11.8 Å². The van der Waals surface area contributed by atoms with Crippen molar-refractivity contribution in [1.82, 2.24) is 10.3 Å². The van der Waals surface area contributed by atoms with E-state index in [9.17, 15) is 18.0 Å². The van der Waals surface area contributed by atoms with E-state index in [1.54, 1.807) is 6.92 Å². The number of carbonyl (C=O) groups excluding carboxylic acids is 1. The molecule has 1 rings (SSSR count). The average Bonchev–Trinajstić information content (AvgIpc) is 2.33. The van der Waals surface area contributed by atoms with Crippen LogP contribution in [0.5, 0.6) is 0 Å². The Hall–Kier alpha value is -2.03. The zero-order valence-electron chi connectivity index (χ0n) is 9.64. The summed E-state index contributed by atoms with van der Waals surface area (Å²) in [4.78, 5) is 14.7. The highest BCUT2D eigenvalue weighted by Crippen LogP contribution is 2.27. The summed E-state index contributed by atoms with van der Waals surface area (Å²) in [7, 11) is 0. The van der Waals surface area contributed by atoms with Crippen LogP contribution in [0.15, 0.2) is 18.3 Å². The maximum absolute atomic E-state index is 12.2. The standard InChI is InChI=1S/C12H11F3N2O/c1-2-3-4-7-16-11(18)9-5-6-10(17-8-9)12(13,14)15/h5-6,8H,4,7H2,1H3,(H,16,18). The molecule has 0 aliphatic carbocycles. The fourth-order valence-corrected chi connectivity index (χ4v) is 1.16. The van der Waals surface area contributed by atoms with Crippen molar-refractivity contribution in [3.63, 3.8) is 0 Å². The maximum atomic E-state index is 12.2. The summed E-state index contributed by atoms with van der Waals surface area (Å²) in [6.45, 7) is 2.03. The first kappa shape index (κ1) is 14.0. The quantitative estimate of drug-likeness (QED) is 0.665. The highest BCUT2D eigenvalue weighted by molar-refractivity contribution is 5.93. The summed E-state index contributed by atoms with van der Waals surface area (Å²) in [5.74, 6) is 4.96. The zero-order valence-corrected chi connectivity index (χ0v) is 9.64. The lowest BCUT2D eigenvalue weighted by Gasteiger charge is -2.06. The van der Waals surface area contributed by atoms with Crippen molar-refractivity contribution in [3.05, 3.63) is 29.6 Å². The van der Waals surface area contributed by atoms with Crippen LogP contribution in [0.1, 0.15) is 29.4 Å². The molecular weight excluding hydrogens is 245 g/mol. The Kier molecular flexibility index (Phi) is 4.72. The number of halogens is 3. The Morgan fingerprint density at radius 1 is 1.44 bits per heavy atom. The Morgan fingerprint density at radius 3 is 2.67 bits per heavy atom. The average molecular weight is 256 g/mol. The molecule has 0 unspecified atom stereocenters. The fraction of sp³-hybridized carbons (Fsp3) is 0.333. The largest absolute Gasteiger partial charge is 0.433 e. The van der Waals surface area contributed by atoms with Gasteiger partial charge in [0, 0.05) is 19.2 Å². The normalized spacial score (nSPS) is 10.4. The molecular formula is C12H11F3N2O. The summed E-state index contributed by atoms with van der Waals surface area (Å²) < 4.78 is 36.7. The molecule has 1 amide bonds. The van der Waals surface area contributed by atoms with E-state index in [-0.39, 0.29) is 5.56 Å². The molecule has 6 heteroatoms. The molecule has 1 aromatic heterocycles. The van der Waals surface area contributed by atoms with Crippen LogP contribution in [0.2, 0.25) is 0 Å². The molecule has 1 heterocycles. The molecule has 0 aromatic carbocycles. The number of hydrogen-bond acceptors (Lipinski definition) is 2. The van der Waals surface area contributed by atoms with E-state index in [2.05, 4.69) is 22.1 Å². The third-order valence-electron chi connectivity index (χ3n) is 2.03. The van der Waals surface area contributed by atoms with Crippen molar-refractivity contribution in [3.8, 4) is 11.8 Å². The van der Waals surface area contributed by atoms with E-state index in [1.165, 1.54) is 0 Å². The van der Waals surface area contributed by atoms with Crippen LogP contribution in [0.3, 0.4) is 0 Å². The molecule has 0 atom stereocenters. The molecule has 0 saturated heterocycles. The summed E-state index contributed by atoms with van der Waals surface area (Å²) in [5, 5.41) is 2.53. The van der Waals surface area contributed by atoms with Gasteiger partial charge >= 0.3 is 6.18 Å². The molecule has 0 spiro atoms. The smallest absolute Gasteiger partial charge is 0.351 e. The number of alkyl halides is 3. The molecule has 96 valence electrons. The predicted octanol–water partition coefficient (Wildman–Crippen LogP) is 2.24. The topological polar surface area (TPSA) is 42.0 Å². The van der Waals surface area contributed by atoms with E-state index in [1.807, 2.05) is 0 Å². The Balaban J connectivity index is 2.61. The van der Waals surface area contributed by atoms with Gasteiger partial charge in [-0.3, -0.25) is 9.78 Å². The van der Waals surface area contributed by atoms with Gasteiger partial charge in [0.1, 0.15) is 5.69 Å². The van der Waals surface area contributed by atoms with Crippen molar-refractivity contribution >= 4 is 5.91 Å². The number of pyridine rings is 1. The van der Waals surface area contributed by atoms with Crippen LogP contribution in [0.25, 0.3) is 0 Å². The highest BCUT2D eigenvalue weighted by Gasteiger charge is 2.32. The van der Waals surface area contributed by atoms with Crippen LogP contribution in [0.4, 0.5) is 13.2 Å². The molecule has 1 aromatic rings. The van der Waals surface area contributed by atoms with Gasteiger partial charge in [0.2, 0.25) is 0 Å². The second kappa shape index (κ2) is 6.05. The van der Waals surface area contributed by atoms with E-state index in [0.29, 0.717) is 13.0 Å². The summed E-state index contributed by atoms with van der Waals surface area (Å²) >= 11 is 0. The molecule has 3 nitrogen and oxygen atoms in total. The van der Waals surface area contributed by atoms with Gasteiger partial charge in [-0.2, -0.15) is 13.2 Å². The first-order valence-corrected chi connectivity index (χ1v) is 5.16. The maximum Gasteiger partial charge on any atom is 0.433 e. The number of nitrogens with one attached hydrogen (secondary N) is 1. The van der Waals surface area contributed by atoms with Crippen molar-refractivity contribution in [1.29, 1.82) is 0 Å². The number of hydrogen-bond donors (Lipinski definition) is 1. The highest BCUT2D eigenvalue weighted by atomic mass is 19.4. The monoisotopic (exact) mass is 256 g/mol. The first-order valence-electron chi connectivity index (χ1n) is 5.16. The summed E-state index contributed by atoms with van der Waals surface area (Å²) in [6, 6.07) is 1.87. The third-order valence-corrected chi connectivity index (χ3v) is 2.03. The molecule has 0 radical (unpaired) electrons. The number of aromatic nitrogens is 1. The van der Waals surface area contributed by atoms with Crippen molar-refractivity contribution in [2.24, 2.45) is 0 Å². The van der Waals surface area contributed by atoms with Crippen LogP contribution >= 0.6 is 0 Å². The molecule has 0 saturated carbocycles. The molecule has 0 aliphatic heterocycles. The lowest BCUT2D eigenvalue weighted by atomic mass is 10.2. The minimum Gasteiger partial charge on any atom is -0.351 e. The fourth-order valence-electron chi connectivity index (χ4n) is 1.16. The van der Waals surface area contributed by atoms with Crippen LogP contribution in [-0.2, 0) is 6.18 Å². The van der Waals surface area contributed by atoms with Crippen LogP contribution < -0.4 is 5.32 Å². The Morgan fingerprint density at radius 2 is 2.17 bits per heavy atom. The lowest BCUT2D eigenvalue weighted by molar-refractivity contribution is -0.141. The Bertz CT molecular complexity index is 469. The molecule has 1 N–H and O–H groups in total. The molecule has 18 heavy (non-hydrogen) atoms. The number of rotatable bonds is 3. The minimum absolute atomic E-state index is 0.0902. The van der Waals surface area contributed by atoms with Crippen molar-refractivity contribution in [2.75, 3.05) is 6.54 Å². The van der Waals surface area contributed by atoms with E-state index in [0.717, 1.165) is 18.3 Å². The Labute approximate surface area is 102 Å². The van der Waals surface area contributed by atoms with Gasteiger partial charge in [-0.15, -0.1) is 11.8 Å². The zero-order chi connectivity index (χ0) is 13.6. The number of amides is 1. The van der Waals surface area contributed by atoms with Gasteiger partial charge in [0.15, 0.2) is 0 Å². The SMILES string of the molecule is CC#CCCNC(=O)c1ccc(C(F)(F)F)nc1. The van der Waals surface area contributed by atoms with Crippen molar-refractivity contribution in [2.45, 2.75) is 19.5 Å².